The van der Waals surface area contributed by atoms with Gasteiger partial charge < -0.3 is 25.8 Å². The molecular weight excluding hydrogens is 602 g/mol. The van der Waals surface area contributed by atoms with Crippen molar-refractivity contribution in [1.82, 2.24) is 10.6 Å². The lowest BCUT2D eigenvalue weighted by Gasteiger charge is -2.31. The molecule has 4 rings (SSSR count). The Balaban J connectivity index is 1.49. The first-order valence-corrected chi connectivity index (χ1v) is 14.1. The van der Waals surface area contributed by atoms with Gasteiger partial charge in [-0.1, -0.05) is 55.7 Å². The van der Waals surface area contributed by atoms with Crippen molar-refractivity contribution >= 4 is 45.9 Å². The smallest absolute Gasteiger partial charge is 0.313 e. The molecule has 1 fully saturated rings. The molecule has 1 aliphatic carbocycles. The topological polar surface area (TPSA) is 151 Å². The third kappa shape index (κ3) is 8.13. The fourth-order valence-corrected chi connectivity index (χ4v) is 5.19. The van der Waals surface area contributed by atoms with Crippen molar-refractivity contribution in [2.45, 2.75) is 50.6 Å². The van der Waals surface area contributed by atoms with Crippen molar-refractivity contribution in [2.75, 3.05) is 11.9 Å². The van der Waals surface area contributed by atoms with Gasteiger partial charge in [0.15, 0.2) is 23.2 Å². The molecule has 4 N–H and O–H groups in total. The highest BCUT2D eigenvalue weighted by molar-refractivity contribution is 6.40. The average molecular weight is 632 g/mol. The number of benzene rings is 3. The van der Waals surface area contributed by atoms with Crippen LogP contribution in [0.15, 0.2) is 48.5 Å². The zero-order valence-electron chi connectivity index (χ0n) is 23.7. The second-order valence-electron chi connectivity index (χ2n) is 10.5. The van der Waals surface area contributed by atoms with Gasteiger partial charge >= 0.3 is 17.8 Å². The van der Waals surface area contributed by atoms with Crippen LogP contribution in [-0.2, 0) is 24.0 Å². The van der Waals surface area contributed by atoms with Gasteiger partial charge in [0.1, 0.15) is 18.7 Å². The maximum absolute atomic E-state index is 14.0. The molecule has 10 nitrogen and oxygen atoms in total. The summed E-state index contributed by atoms with van der Waals surface area (Å²) in [5.74, 6) is -15.4. The number of amides is 3. The molecule has 3 amide bonds. The minimum atomic E-state index is -1.91. The van der Waals surface area contributed by atoms with Gasteiger partial charge in [-0.15, -0.1) is 0 Å². The molecule has 0 saturated heterocycles. The standard InChI is InChI=1S/C31H29F4N3O7/c32-19-13-20(33)26(35)28(25(19)34)45-15-23(39)22(14-24(40)41)37-29(42)27(17-8-2-1-3-9-17)38-31(44)30(43)36-21-12-6-10-16-7-4-5-11-18(16)21/h4-7,10-13,17,22,27H,1-3,8-9,14-15H2,(H,36,43)(H,37,42)(H,38,44)(H,40,41)/t22-,27?/m0/s1. The molecule has 0 aromatic heterocycles. The van der Waals surface area contributed by atoms with Gasteiger partial charge in [-0.05, 0) is 30.2 Å². The quantitative estimate of drug-likeness (QED) is 0.142. The van der Waals surface area contributed by atoms with Gasteiger partial charge in [-0.2, -0.15) is 8.78 Å². The van der Waals surface area contributed by atoms with Gasteiger partial charge in [0.05, 0.1) is 6.42 Å². The van der Waals surface area contributed by atoms with Crippen molar-refractivity contribution in [3.63, 3.8) is 0 Å². The first-order chi connectivity index (χ1) is 21.5. The van der Waals surface area contributed by atoms with Crippen LogP contribution in [0.4, 0.5) is 23.2 Å². The molecule has 14 heteroatoms. The molecule has 1 aliphatic rings. The number of carboxylic acid groups (broad SMARTS) is 1. The summed E-state index contributed by atoms with van der Waals surface area (Å²) in [7, 11) is 0. The first kappa shape index (κ1) is 32.9. The van der Waals surface area contributed by atoms with E-state index in [2.05, 4.69) is 20.7 Å². The third-order valence-electron chi connectivity index (χ3n) is 7.45. The highest BCUT2D eigenvalue weighted by Gasteiger charge is 2.35. The summed E-state index contributed by atoms with van der Waals surface area (Å²) in [6.07, 6.45) is 2.24. The monoisotopic (exact) mass is 631 g/mol. The molecule has 0 aliphatic heterocycles. The van der Waals surface area contributed by atoms with Crippen LogP contribution < -0.4 is 20.7 Å². The van der Waals surface area contributed by atoms with E-state index >= 15 is 0 Å². The first-order valence-electron chi connectivity index (χ1n) is 14.1. The lowest BCUT2D eigenvalue weighted by atomic mass is 9.83. The number of hydrogen-bond donors (Lipinski definition) is 4. The Labute approximate surface area is 254 Å². The molecule has 1 unspecified atom stereocenters. The lowest BCUT2D eigenvalue weighted by Crippen LogP contribution is -2.57. The van der Waals surface area contributed by atoms with E-state index in [0.29, 0.717) is 36.8 Å². The second kappa shape index (κ2) is 14.6. The van der Waals surface area contributed by atoms with E-state index in [1.807, 2.05) is 12.1 Å². The summed E-state index contributed by atoms with van der Waals surface area (Å²) in [5, 5.41) is 17.9. The zero-order chi connectivity index (χ0) is 32.7. The SMILES string of the molecule is O=C(O)C[C@H](NC(=O)C(NC(=O)C(=O)Nc1cccc2ccccc12)C1CCCCC1)C(=O)COc1c(F)c(F)cc(F)c1F. The molecule has 0 heterocycles. The number of ketones is 1. The maximum atomic E-state index is 14.0. The Morgan fingerprint density at radius 3 is 2.16 bits per heavy atom. The predicted octanol–water partition coefficient (Wildman–Crippen LogP) is 4.01. The number of hydrogen-bond acceptors (Lipinski definition) is 6. The number of ether oxygens (including phenoxy) is 1. The van der Waals surface area contributed by atoms with E-state index in [9.17, 15) is 46.6 Å². The van der Waals surface area contributed by atoms with E-state index in [1.165, 1.54) is 0 Å². The van der Waals surface area contributed by atoms with Crippen LogP contribution in [0.1, 0.15) is 38.5 Å². The summed E-state index contributed by atoms with van der Waals surface area (Å²) in [5.41, 5.74) is 0.352. The van der Waals surface area contributed by atoms with Gasteiger partial charge in [-0.25, -0.2) is 8.78 Å². The molecule has 0 spiro atoms. The molecule has 1 saturated carbocycles. The van der Waals surface area contributed by atoms with E-state index in [1.54, 1.807) is 30.3 Å². The van der Waals surface area contributed by atoms with E-state index in [4.69, 9.17) is 0 Å². The molecular formula is C31H29F4N3O7. The van der Waals surface area contributed by atoms with Gasteiger partial charge in [0.25, 0.3) is 0 Å². The highest BCUT2D eigenvalue weighted by Crippen LogP contribution is 2.28. The number of aliphatic carboxylic acids is 1. The second-order valence-corrected chi connectivity index (χ2v) is 10.5. The number of carboxylic acids is 1. The van der Waals surface area contributed by atoms with Crippen molar-refractivity contribution in [1.29, 1.82) is 0 Å². The third-order valence-corrected chi connectivity index (χ3v) is 7.45. The van der Waals surface area contributed by atoms with Crippen LogP contribution in [0.2, 0.25) is 0 Å². The molecule has 45 heavy (non-hydrogen) atoms. The summed E-state index contributed by atoms with van der Waals surface area (Å²) in [6.45, 7) is -1.26. The average Bonchev–Trinajstić information content (AvgIpc) is 3.02. The Hall–Kier alpha value is -5.01. The largest absolute Gasteiger partial charge is 0.481 e. The number of rotatable bonds is 11. The molecule has 3 aromatic rings. The van der Waals surface area contributed by atoms with Crippen molar-refractivity contribution in [2.24, 2.45) is 5.92 Å². The number of carbonyl (C=O) groups is 5. The summed E-state index contributed by atoms with van der Waals surface area (Å²) in [6, 6.07) is 8.98. The van der Waals surface area contributed by atoms with Crippen LogP contribution in [0, 0.1) is 29.2 Å². The Morgan fingerprint density at radius 1 is 0.844 bits per heavy atom. The van der Waals surface area contributed by atoms with Gasteiger partial charge in [0.2, 0.25) is 17.5 Å². The summed E-state index contributed by atoms with van der Waals surface area (Å²) >= 11 is 0. The summed E-state index contributed by atoms with van der Waals surface area (Å²) < 4.78 is 59.6. The summed E-state index contributed by atoms with van der Waals surface area (Å²) in [4.78, 5) is 63.6. The molecule has 3 aromatic carbocycles. The minimum Gasteiger partial charge on any atom is -0.481 e. The Bertz CT molecular complexity index is 1600. The predicted molar refractivity (Wildman–Crippen MR) is 152 cm³/mol. The van der Waals surface area contributed by atoms with Crippen LogP contribution in [0.25, 0.3) is 10.8 Å². The van der Waals surface area contributed by atoms with E-state index < -0.39 is 89.5 Å². The van der Waals surface area contributed by atoms with Crippen LogP contribution >= 0.6 is 0 Å². The van der Waals surface area contributed by atoms with E-state index in [-0.39, 0.29) is 6.07 Å². The molecule has 0 radical (unpaired) electrons. The van der Waals surface area contributed by atoms with Crippen LogP contribution in [-0.4, -0.2) is 53.3 Å². The van der Waals surface area contributed by atoms with Crippen LogP contribution in [0.5, 0.6) is 5.75 Å². The number of Topliss-reactive ketones (excluding diaryl/α,β-unsaturated/α-hetero) is 1. The fraction of sp³-hybridized carbons (Fsp3) is 0.323. The van der Waals surface area contributed by atoms with Crippen molar-refractivity contribution in [3.8, 4) is 5.75 Å². The van der Waals surface area contributed by atoms with Crippen molar-refractivity contribution < 1.29 is 51.4 Å². The van der Waals surface area contributed by atoms with Crippen molar-refractivity contribution in [3.05, 3.63) is 71.8 Å². The minimum absolute atomic E-state index is 0.0607. The molecule has 0 bridgehead atoms. The Kier molecular flexibility index (Phi) is 10.7. The number of halogens is 4. The van der Waals surface area contributed by atoms with Crippen LogP contribution in [0.3, 0.4) is 0 Å². The number of carbonyl (C=O) groups excluding carboxylic acids is 4. The number of anilines is 1. The zero-order valence-corrected chi connectivity index (χ0v) is 23.7. The van der Waals surface area contributed by atoms with Gasteiger partial charge in [-0.3, -0.25) is 24.0 Å². The normalized spacial score (nSPS) is 14.7. The highest BCUT2D eigenvalue weighted by atomic mass is 19.2. The molecule has 238 valence electrons. The fourth-order valence-electron chi connectivity index (χ4n) is 5.19. The maximum Gasteiger partial charge on any atom is 0.313 e. The van der Waals surface area contributed by atoms with E-state index in [0.717, 1.165) is 11.8 Å². The van der Waals surface area contributed by atoms with Gasteiger partial charge in [0, 0.05) is 17.1 Å². The Morgan fingerprint density at radius 2 is 1.49 bits per heavy atom. The number of nitrogens with one attached hydrogen (secondary N) is 3. The lowest BCUT2D eigenvalue weighted by molar-refractivity contribution is -0.141. The number of fused-ring (bicyclic) bond motifs is 1. The molecule has 2 atom stereocenters.